The zero-order chi connectivity index (χ0) is 13.3. The predicted molar refractivity (Wildman–Crippen MR) is 68.8 cm³/mol. The summed E-state index contributed by atoms with van der Waals surface area (Å²) in [6.45, 7) is 0.194. The number of hydrogen-bond donors (Lipinski definition) is 1. The highest BCUT2D eigenvalue weighted by atomic mass is 79.9. The molecule has 1 unspecified atom stereocenters. The Kier molecular flexibility index (Phi) is 3.56. The molecule has 1 aliphatic heterocycles. The summed E-state index contributed by atoms with van der Waals surface area (Å²) < 4.78 is 5.81. The lowest BCUT2D eigenvalue weighted by molar-refractivity contribution is -0.141. The molecule has 1 atom stereocenters. The van der Waals surface area contributed by atoms with Crippen molar-refractivity contribution in [3.63, 3.8) is 0 Å². The van der Waals surface area contributed by atoms with Gasteiger partial charge in [-0.3, -0.25) is 9.59 Å². The van der Waals surface area contributed by atoms with Gasteiger partial charge in [0, 0.05) is 13.0 Å². The van der Waals surface area contributed by atoms with Crippen molar-refractivity contribution in [2.24, 2.45) is 5.92 Å². The molecule has 1 saturated heterocycles. The largest absolute Gasteiger partial charge is 0.495 e. The number of nitrogens with zero attached hydrogens (tertiary/aromatic N) is 1. The van der Waals surface area contributed by atoms with Crippen LogP contribution in [-0.2, 0) is 9.59 Å². The molecule has 0 aliphatic carbocycles. The van der Waals surface area contributed by atoms with Gasteiger partial charge in [-0.15, -0.1) is 0 Å². The molecule has 0 radical (unpaired) electrons. The quantitative estimate of drug-likeness (QED) is 0.925. The molecular formula is C12H12BrNO4. The zero-order valence-corrected chi connectivity index (χ0v) is 11.3. The highest BCUT2D eigenvalue weighted by Gasteiger charge is 2.36. The van der Waals surface area contributed by atoms with Crippen molar-refractivity contribution >= 4 is 33.5 Å². The minimum atomic E-state index is -0.940. The van der Waals surface area contributed by atoms with Crippen LogP contribution in [0, 0.1) is 5.92 Å². The lowest BCUT2D eigenvalue weighted by Gasteiger charge is -2.19. The molecule has 2 rings (SSSR count). The van der Waals surface area contributed by atoms with Crippen LogP contribution >= 0.6 is 15.9 Å². The van der Waals surface area contributed by atoms with Gasteiger partial charge in [0.15, 0.2) is 0 Å². The van der Waals surface area contributed by atoms with Crippen molar-refractivity contribution in [3.05, 3.63) is 22.7 Å². The summed E-state index contributed by atoms with van der Waals surface area (Å²) in [5.41, 5.74) is 0.642. The van der Waals surface area contributed by atoms with Crippen LogP contribution in [0.5, 0.6) is 5.75 Å². The number of rotatable bonds is 3. The summed E-state index contributed by atoms with van der Waals surface area (Å²) in [6.07, 6.45) is 0.0407. The van der Waals surface area contributed by atoms with E-state index >= 15 is 0 Å². The van der Waals surface area contributed by atoms with E-state index in [-0.39, 0.29) is 18.9 Å². The minimum Gasteiger partial charge on any atom is -0.495 e. The zero-order valence-electron chi connectivity index (χ0n) is 9.72. The number of ether oxygens (including phenoxy) is 1. The van der Waals surface area contributed by atoms with Gasteiger partial charge in [0.25, 0.3) is 0 Å². The number of hydrogen-bond acceptors (Lipinski definition) is 3. The van der Waals surface area contributed by atoms with Crippen molar-refractivity contribution in [3.8, 4) is 5.75 Å². The number of carboxylic acids is 1. The monoisotopic (exact) mass is 313 g/mol. The number of benzene rings is 1. The molecule has 1 aromatic rings. The molecule has 1 aliphatic rings. The number of methoxy groups -OCH3 is 1. The normalized spacial score (nSPS) is 19.1. The van der Waals surface area contributed by atoms with Crippen LogP contribution in [-0.4, -0.2) is 30.6 Å². The average molecular weight is 314 g/mol. The van der Waals surface area contributed by atoms with Crippen LogP contribution in [0.3, 0.4) is 0 Å². The van der Waals surface area contributed by atoms with Gasteiger partial charge in [0.05, 0.1) is 23.2 Å². The van der Waals surface area contributed by atoms with E-state index in [4.69, 9.17) is 9.84 Å². The fourth-order valence-electron chi connectivity index (χ4n) is 1.97. The highest BCUT2D eigenvalue weighted by molar-refractivity contribution is 9.10. The molecule has 96 valence electrons. The van der Waals surface area contributed by atoms with E-state index in [0.29, 0.717) is 15.9 Å². The van der Waals surface area contributed by atoms with Gasteiger partial charge in [-0.1, -0.05) is 6.07 Å². The first-order valence-corrected chi connectivity index (χ1v) is 6.19. The molecule has 0 aromatic heterocycles. The van der Waals surface area contributed by atoms with E-state index in [1.807, 2.05) is 0 Å². The molecule has 6 heteroatoms. The van der Waals surface area contributed by atoms with Gasteiger partial charge in [0.2, 0.25) is 5.91 Å². The number of anilines is 1. The summed E-state index contributed by atoms with van der Waals surface area (Å²) in [6, 6.07) is 5.29. The van der Waals surface area contributed by atoms with Crippen molar-refractivity contribution in [2.45, 2.75) is 6.42 Å². The van der Waals surface area contributed by atoms with Crippen LogP contribution in [0.1, 0.15) is 6.42 Å². The van der Waals surface area contributed by atoms with Crippen molar-refractivity contribution in [2.75, 3.05) is 18.6 Å². The molecule has 1 aromatic carbocycles. The minimum absolute atomic E-state index is 0.0407. The summed E-state index contributed by atoms with van der Waals surface area (Å²) >= 11 is 3.37. The Morgan fingerprint density at radius 2 is 2.28 bits per heavy atom. The maximum atomic E-state index is 11.8. The molecule has 5 nitrogen and oxygen atoms in total. The summed E-state index contributed by atoms with van der Waals surface area (Å²) in [7, 11) is 1.54. The molecular weight excluding hydrogens is 302 g/mol. The number of amides is 1. The van der Waals surface area contributed by atoms with Gasteiger partial charge in [-0.25, -0.2) is 0 Å². The molecule has 0 saturated carbocycles. The Morgan fingerprint density at radius 1 is 1.56 bits per heavy atom. The number of carbonyl (C=O) groups excluding carboxylic acids is 1. The maximum Gasteiger partial charge on any atom is 0.308 e. The second-order valence-electron chi connectivity index (χ2n) is 4.04. The van der Waals surface area contributed by atoms with E-state index in [9.17, 15) is 9.59 Å². The Bertz CT molecular complexity index is 503. The lowest BCUT2D eigenvalue weighted by atomic mass is 10.1. The molecule has 0 bridgehead atoms. The molecule has 18 heavy (non-hydrogen) atoms. The average Bonchev–Trinajstić information content (AvgIpc) is 2.72. The fraction of sp³-hybridized carbons (Fsp3) is 0.333. The third kappa shape index (κ3) is 2.20. The first-order chi connectivity index (χ1) is 8.54. The van der Waals surface area contributed by atoms with Crippen LogP contribution in [0.4, 0.5) is 5.69 Å². The van der Waals surface area contributed by atoms with Gasteiger partial charge in [-0.05, 0) is 28.1 Å². The predicted octanol–water partition coefficient (Wildman–Crippen LogP) is 1.90. The Balaban J connectivity index is 2.33. The second kappa shape index (κ2) is 4.97. The lowest BCUT2D eigenvalue weighted by Crippen LogP contribution is -2.26. The molecule has 1 N–H and O–H groups in total. The molecule has 0 spiro atoms. The van der Waals surface area contributed by atoms with Crippen molar-refractivity contribution in [1.29, 1.82) is 0 Å². The standard InChI is InChI=1S/C12H12BrNO4/c1-18-9-4-2-3-8(11(9)13)14-6-7(12(16)17)5-10(14)15/h2-4,7H,5-6H2,1H3,(H,16,17). The van der Waals surface area contributed by atoms with Crippen LogP contribution in [0.25, 0.3) is 0 Å². The van der Waals surface area contributed by atoms with E-state index in [1.54, 1.807) is 18.2 Å². The Morgan fingerprint density at radius 3 is 2.83 bits per heavy atom. The Labute approximate surface area is 112 Å². The number of aliphatic carboxylic acids is 1. The topological polar surface area (TPSA) is 66.8 Å². The van der Waals surface area contributed by atoms with E-state index in [2.05, 4.69) is 15.9 Å². The third-order valence-corrected chi connectivity index (χ3v) is 3.72. The van der Waals surface area contributed by atoms with E-state index in [0.717, 1.165) is 0 Å². The van der Waals surface area contributed by atoms with E-state index in [1.165, 1.54) is 12.0 Å². The maximum absolute atomic E-state index is 11.8. The Hall–Kier alpha value is -1.56. The summed E-state index contributed by atoms with van der Waals surface area (Å²) in [4.78, 5) is 24.2. The highest BCUT2D eigenvalue weighted by Crippen LogP contribution is 2.37. The first kappa shape index (κ1) is 12.9. The number of halogens is 1. The van der Waals surface area contributed by atoms with Gasteiger partial charge >= 0.3 is 5.97 Å². The number of carboxylic acid groups (broad SMARTS) is 1. The van der Waals surface area contributed by atoms with Gasteiger partial charge < -0.3 is 14.7 Å². The van der Waals surface area contributed by atoms with Crippen LogP contribution in [0.2, 0.25) is 0 Å². The molecule has 1 fully saturated rings. The van der Waals surface area contributed by atoms with Crippen LogP contribution in [0.15, 0.2) is 22.7 Å². The van der Waals surface area contributed by atoms with E-state index < -0.39 is 11.9 Å². The molecule has 1 amide bonds. The number of carbonyl (C=O) groups is 2. The fourth-order valence-corrected chi connectivity index (χ4v) is 2.61. The second-order valence-corrected chi connectivity index (χ2v) is 4.83. The van der Waals surface area contributed by atoms with Crippen molar-refractivity contribution < 1.29 is 19.4 Å². The SMILES string of the molecule is COc1cccc(N2CC(C(=O)O)CC2=O)c1Br. The van der Waals surface area contributed by atoms with Gasteiger partial charge in [0.1, 0.15) is 5.75 Å². The first-order valence-electron chi connectivity index (χ1n) is 5.40. The third-order valence-electron chi connectivity index (χ3n) is 2.93. The smallest absolute Gasteiger partial charge is 0.308 e. The van der Waals surface area contributed by atoms with Gasteiger partial charge in [-0.2, -0.15) is 0 Å². The summed E-state index contributed by atoms with van der Waals surface area (Å²) in [5, 5.41) is 8.95. The summed E-state index contributed by atoms with van der Waals surface area (Å²) in [5.74, 6) is -1.16. The van der Waals surface area contributed by atoms with Crippen molar-refractivity contribution in [1.82, 2.24) is 0 Å². The molecule has 1 heterocycles. The van der Waals surface area contributed by atoms with Crippen LogP contribution < -0.4 is 9.64 Å².